The first-order valence-electron chi connectivity index (χ1n) is 10.4. The molecule has 2 aliphatic heterocycles. The molecule has 2 aromatic rings. The highest BCUT2D eigenvalue weighted by atomic mass is 16.4. The van der Waals surface area contributed by atoms with E-state index in [0.29, 0.717) is 12.1 Å². The molecule has 0 radical (unpaired) electrons. The van der Waals surface area contributed by atoms with Crippen molar-refractivity contribution in [3.63, 3.8) is 0 Å². The van der Waals surface area contributed by atoms with Gasteiger partial charge in [-0.1, -0.05) is 19.1 Å². The molecule has 27 heavy (non-hydrogen) atoms. The van der Waals surface area contributed by atoms with Crippen LogP contribution < -0.4 is 10.2 Å². The van der Waals surface area contributed by atoms with E-state index in [-0.39, 0.29) is 11.8 Å². The van der Waals surface area contributed by atoms with Gasteiger partial charge in [-0.25, -0.2) is 0 Å². The summed E-state index contributed by atoms with van der Waals surface area (Å²) < 4.78 is 5.86. The van der Waals surface area contributed by atoms with Crippen molar-refractivity contribution < 1.29 is 9.21 Å². The van der Waals surface area contributed by atoms with Crippen LogP contribution in [0.1, 0.15) is 39.0 Å². The van der Waals surface area contributed by atoms with Crippen molar-refractivity contribution in [3.05, 3.63) is 24.3 Å². The Morgan fingerprint density at radius 3 is 2.59 bits per heavy atom. The summed E-state index contributed by atoms with van der Waals surface area (Å²) in [6.45, 7) is 7.25. The van der Waals surface area contributed by atoms with Gasteiger partial charge >= 0.3 is 0 Å². The number of carbonyl (C=O) groups excluding carboxylic acids is 1. The van der Waals surface area contributed by atoms with Gasteiger partial charge in [-0.3, -0.25) is 4.79 Å². The first kappa shape index (κ1) is 18.3. The number of aromatic nitrogens is 1. The maximum Gasteiger partial charge on any atom is 0.298 e. The number of nitrogens with zero attached hydrogens (tertiary/aromatic N) is 3. The van der Waals surface area contributed by atoms with Crippen LogP contribution in [-0.4, -0.2) is 54.6 Å². The van der Waals surface area contributed by atoms with Crippen LogP contribution in [0.15, 0.2) is 28.7 Å². The number of hydrogen-bond donors (Lipinski definition) is 1. The first-order valence-corrected chi connectivity index (χ1v) is 10.4. The van der Waals surface area contributed by atoms with Crippen molar-refractivity contribution in [1.82, 2.24) is 15.2 Å². The lowest BCUT2D eigenvalue weighted by Gasteiger charge is -2.34. The molecule has 2 aliphatic rings. The first-order chi connectivity index (χ1) is 13.2. The number of oxazole rings is 1. The summed E-state index contributed by atoms with van der Waals surface area (Å²) in [6.07, 6.45) is 5.08. The standard InChI is InChI=1S/C21H30N4O2/c1-2-11-24-12-9-17(10-13-24)22-20(26)16-7-14-25(15-8-16)21-23-18-5-3-4-6-19(18)27-21/h3-6,16-17H,2,7-15H2,1H3,(H,22,26). The highest BCUT2D eigenvalue weighted by Gasteiger charge is 2.29. The molecule has 146 valence electrons. The zero-order valence-corrected chi connectivity index (χ0v) is 16.2. The van der Waals surface area contributed by atoms with Crippen LogP contribution in [0.4, 0.5) is 6.01 Å². The maximum atomic E-state index is 12.7. The fraction of sp³-hybridized carbons (Fsp3) is 0.619. The zero-order valence-electron chi connectivity index (χ0n) is 16.2. The van der Waals surface area contributed by atoms with E-state index < -0.39 is 0 Å². The molecule has 3 heterocycles. The fourth-order valence-electron chi connectivity index (χ4n) is 4.26. The second-order valence-electron chi connectivity index (χ2n) is 7.85. The van der Waals surface area contributed by atoms with E-state index in [1.165, 1.54) is 13.0 Å². The molecular formula is C21H30N4O2. The van der Waals surface area contributed by atoms with Gasteiger partial charge in [0.25, 0.3) is 6.01 Å². The van der Waals surface area contributed by atoms with Gasteiger partial charge in [0.05, 0.1) is 0 Å². The number of fused-ring (bicyclic) bond motifs is 1. The molecule has 4 rings (SSSR count). The number of nitrogens with one attached hydrogen (secondary N) is 1. The van der Waals surface area contributed by atoms with Crippen LogP contribution in [-0.2, 0) is 4.79 Å². The number of anilines is 1. The zero-order chi connectivity index (χ0) is 18.6. The molecule has 2 saturated heterocycles. The molecule has 0 saturated carbocycles. The summed E-state index contributed by atoms with van der Waals surface area (Å²) in [5, 5.41) is 3.30. The maximum absolute atomic E-state index is 12.7. The molecule has 6 nitrogen and oxygen atoms in total. The number of likely N-dealkylation sites (tertiary alicyclic amines) is 1. The van der Waals surface area contributed by atoms with Crippen LogP contribution in [0.3, 0.4) is 0 Å². The molecule has 0 spiro atoms. The molecule has 0 unspecified atom stereocenters. The second-order valence-corrected chi connectivity index (χ2v) is 7.85. The lowest BCUT2D eigenvalue weighted by Crippen LogP contribution is -2.48. The highest BCUT2D eigenvalue weighted by Crippen LogP contribution is 2.26. The Morgan fingerprint density at radius 1 is 1.15 bits per heavy atom. The molecule has 0 bridgehead atoms. The summed E-state index contributed by atoms with van der Waals surface area (Å²) in [5.74, 6) is 0.348. The third-order valence-corrected chi connectivity index (χ3v) is 5.89. The van der Waals surface area contributed by atoms with Crippen molar-refractivity contribution >= 4 is 23.0 Å². The smallest absolute Gasteiger partial charge is 0.298 e. The van der Waals surface area contributed by atoms with Gasteiger partial charge in [0.15, 0.2) is 5.58 Å². The van der Waals surface area contributed by atoms with Gasteiger partial charge in [-0.15, -0.1) is 0 Å². The topological polar surface area (TPSA) is 61.6 Å². The third kappa shape index (κ3) is 4.26. The number of para-hydroxylation sites is 2. The Balaban J connectivity index is 1.26. The van der Waals surface area contributed by atoms with E-state index in [1.54, 1.807) is 0 Å². The van der Waals surface area contributed by atoms with Gasteiger partial charge in [-0.2, -0.15) is 4.98 Å². The molecule has 0 atom stereocenters. The Morgan fingerprint density at radius 2 is 1.89 bits per heavy atom. The van der Waals surface area contributed by atoms with E-state index in [4.69, 9.17) is 4.42 Å². The van der Waals surface area contributed by atoms with E-state index in [1.807, 2.05) is 24.3 Å². The van der Waals surface area contributed by atoms with Crippen LogP contribution >= 0.6 is 0 Å². The molecular weight excluding hydrogens is 340 g/mol. The average Bonchev–Trinajstić information content (AvgIpc) is 3.14. The van der Waals surface area contributed by atoms with E-state index in [9.17, 15) is 4.79 Å². The van der Waals surface area contributed by atoms with Gasteiger partial charge in [0, 0.05) is 38.1 Å². The molecule has 1 aromatic carbocycles. The van der Waals surface area contributed by atoms with Crippen molar-refractivity contribution in [3.8, 4) is 0 Å². The van der Waals surface area contributed by atoms with Crippen molar-refractivity contribution in [2.75, 3.05) is 37.6 Å². The fourth-order valence-corrected chi connectivity index (χ4v) is 4.26. The molecule has 1 N–H and O–H groups in total. The predicted molar refractivity (Wildman–Crippen MR) is 107 cm³/mol. The number of hydrogen-bond acceptors (Lipinski definition) is 5. The summed E-state index contributed by atoms with van der Waals surface area (Å²) in [6, 6.07) is 8.86. The number of rotatable bonds is 5. The Kier molecular flexibility index (Phi) is 5.62. The minimum atomic E-state index is 0.110. The number of piperidine rings is 2. The van der Waals surface area contributed by atoms with Crippen LogP contribution in [0.2, 0.25) is 0 Å². The summed E-state index contributed by atoms with van der Waals surface area (Å²) in [5.41, 5.74) is 1.71. The quantitative estimate of drug-likeness (QED) is 0.877. The largest absolute Gasteiger partial charge is 0.423 e. The minimum absolute atomic E-state index is 0.110. The van der Waals surface area contributed by atoms with Gasteiger partial charge in [0.1, 0.15) is 5.52 Å². The molecule has 6 heteroatoms. The number of carbonyl (C=O) groups is 1. The minimum Gasteiger partial charge on any atom is -0.423 e. The third-order valence-electron chi connectivity index (χ3n) is 5.89. The summed E-state index contributed by atoms with van der Waals surface area (Å²) in [4.78, 5) is 21.9. The van der Waals surface area contributed by atoms with Crippen molar-refractivity contribution in [2.45, 2.75) is 45.1 Å². The van der Waals surface area contributed by atoms with Crippen LogP contribution in [0.5, 0.6) is 0 Å². The molecule has 0 aliphatic carbocycles. The van der Waals surface area contributed by atoms with Gasteiger partial charge < -0.3 is 19.5 Å². The number of amides is 1. The number of benzene rings is 1. The van der Waals surface area contributed by atoms with Crippen LogP contribution in [0, 0.1) is 5.92 Å². The summed E-state index contributed by atoms with van der Waals surface area (Å²) in [7, 11) is 0. The SMILES string of the molecule is CCCN1CCC(NC(=O)C2CCN(c3nc4ccccc4o3)CC2)CC1. The Hall–Kier alpha value is -2.08. The average molecular weight is 370 g/mol. The second kappa shape index (κ2) is 8.30. The monoisotopic (exact) mass is 370 g/mol. The predicted octanol–water partition coefficient (Wildman–Crippen LogP) is 3.03. The molecule has 1 aromatic heterocycles. The van der Waals surface area contributed by atoms with E-state index >= 15 is 0 Å². The molecule has 1 amide bonds. The highest BCUT2D eigenvalue weighted by molar-refractivity contribution is 5.79. The Bertz CT molecular complexity index is 725. The van der Waals surface area contributed by atoms with E-state index in [2.05, 4.69) is 27.0 Å². The van der Waals surface area contributed by atoms with Crippen molar-refractivity contribution in [2.24, 2.45) is 5.92 Å². The summed E-state index contributed by atoms with van der Waals surface area (Å²) >= 11 is 0. The lowest BCUT2D eigenvalue weighted by atomic mass is 9.95. The van der Waals surface area contributed by atoms with E-state index in [0.717, 1.165) is 63.0 Å². The van der Waals surface area contributed by atoms with Crippen molar-refractivity contribution in [1.29, 1.82) is 0 Å². The lowest BCUT2D eigenvalue weighted by molar-refractivity contribution is -0.126. The Labute approximate surface area is 160 Å². The van der Waals surface area contributed by atoms with Crippen LogP contribution in [0.25, 0.3) is 11.1 Å². The van der Waals surface area contributed by atoms with Gasteiger partial charge in [0.2, 0.25) is 5.91 Å². The van der Waals surface area contributed by atoms with Gasteiger partial charge in [-0.05, 0) is 50.8 Å². The molecule has 2 fully saturated rings. The normalized spacial score (nSPS) is 20.3.